The number of hydrogen-bond acceptors (Lipinski definition) is 13. The zero-order valence-corrected chi connectivity index (χ0v) is 39.8. The second-order valence-corrected chi connectivity index (χ2v) is 18.2. The predicted molar refractivity (Wildman–Crippen MR) is 236 cm³/mol. The number of aliphatic carboxylic acids is 3. The number of rotatable bonds is 29. The molecule has 0 fully saturated rings. The van der Waals surface area contributed by atoms with E-state index in [4.69, 9.17) is 10.8 Å². The van der Waals surface area contributed by atoms with E-state index in [0.717, 1.165) is 0 Å². The monoisotopic (exact) mass is 944 g/mol. The standard InChI is InChI=1S/C42H73N9O15/c1-17(2)13-25(36(59)46-26(16-29(55)56)37(60)47-27(42(65)66)14-18(3)4)45-34(57)22(11)44-38(61)30(19(5)6)48-39(62)31(20(7)8)49-40(63)32(21(9)10)50-41(64)33(23(12)52)51-35(58)24(43)15-28(53)54/h17-27,30-33,52H,13-16,43H2,1-12H3,(H,44,61)(H,45,57)(H,46,59)(H,47,60)(H,48,62)(H,49,63)(H,50,64)(H,51,58)(H,53,54)(H,55,56)(H,65,66)/t22-,23+,24-,25-,26-,27-,30-,31-,32-,33-/m0/s1. The molecule has 0 saturated carbocycles. The number of nitrogens with two attached hydrogens (primary N) is 1. The highest BCUT2D eigenvalue weighted by atomic mass is 16.4. The molecule has 0 spiro atoms. The molecule has 0 aromatic rings. The van der Waals surface area contributed by atoms with Gasteiger partial charge in [0.25, 0.3) is 0 Å². The molecule has 0 aromatic carbocycles. The molecule has 8 amide bonds. The van der Waals surface area contributed by atoms with Crippen LogP contribution < -0.4 is 48.3 Å². The maximum Gasteiger partial charge on any atom is 0.326 e. The maximum atomic E-state index is 13.8. The van der Waals surface area contributed by atoms with Gasteiger partial charge in [-0.15, -0.1) is 0 Å². The smallest absolute Gasteiger partial charge is 0.326 e. The summed E-state index contributed by atoms with van der Waals surface area (Å²) in [4.78, 5) is 141. The lowest BCUT2D eigenvalue weighted by Gasteiger charge is -2.31. The van der Waals surface area contributed by atoms with E-state index in [1.807, 2.05) is 0 Å². The van der Waals surface area contributed by atoms with Crippen LogP contribution in [-0.2, 0) is 52.7 Å². The predicted octanol–water partition coefficient (Wildman–Crippen LogP) is -2.31. The minimum atomic E-state index is -1.71. The molecule has 0 rings (SSSR count). The molecule has 0 saturated heterocycles. The van der Waals surface area contributed by atoms with Crippen LogP contribution in [0.15, 0.2) is 0 Å². The summed E-state index contributed by atoms with van der Waals surface area (Å²) >= 11 is 0. The van der Waals surface area contributed by atoms with Gasteiger partial charge in [-0.1, -0.05) is 69.2 Å². The van der Waals surface area contributed by atoms with Gasteiger partial charge in [-0.25, -0.2) is 4.79 Å². The van der Waals surface area contributed by atoms with Crippen molar-refractivity contribution < 1.29 is 73.2 Å². The normalized spacial score (nSPS) is 16.0. The third-order valence-electron chi connectivity index (χ3n) is 9.96. The van der Waals surface area contributed by atoms with Crippen LogP contribution in [0.1, 0.15) is 109 Å². The van der Waals surface area contributed by atoms with E-state index in [0.29, 0.717) is 0 Å². The summed E-state index contributed by atoms with van der Waals surface area (Å²) in [5, 5.41) is 57.6. The van der Waals surface area contributed by atoms with Gasteiger partial charge in [-0.05, 0) is 56.3 Å². The summed E-state index contributed by atoms with van der Waals surface area (Å²) < 4.78 is 0. The summed E-state index contributed by atoms with van der Waals surface area (Å²) in [6.45, 7) is 18.9. The molecule has 0 aliphatic heterocycles. The maximum absolute atomic E-state index is 13.8. The van der Waals surface area contributed by atoms with Crippen molar-refractivity contribution in [1.82, 2.24) is 42.5 Å². The van der Waals surface area contributed by atoms with Crippen molar-refractivity contribution >= 4 is 65.2 Å². The van der Waals surface area contributed by atoms with Gasteiger partial charge in [-0.3, -0.25) is 47.9 Å². The van der Waals surface area contributed by atoms with Gasteiger partial charge in [0, 0.05) is 0 Å². The number of carbonyl (C=O) groups excluding carboxylic acids is 8. The first-order chi connectivity index (χ1) is 30.3. The van der Waals surface area contributed by atoms with E-state index in [9.17, 15) is 68.1 Å². The zero-order valence-electron chi connectivity index (χ0n) is 39.8. The number of amides is 8. The van der Waals surface area contributed by atoms with Crippen molar-refractivity contribution in [1.29, 1.82) is 0 Å². The Morgan fingerprint density at radius 1 is 0.394 bits per heavy atom. The average Bonchev–Trinajstić information content (AvgIpc) is 3.17. The van der Waals surface area contributed by atoms with Gasteiger partial charge < -0.3 is 68.7 Å². The lowest BCUT2D eigenvalue weighted by Crippen LogP contribution is -2.63. The van der Waals surface area contributed by atoms with Crippen LogP contribution >= 0.6 is 0 Å². The third kappa shape index (κ3) is 21.4. The highest BCUT2D eigenvalue weighted by Gasteiger charge is 2.37. The van der Waals surface area contributed by atoms with E-state index < -0.39 is 156 Å². The molecule has 376 valence electrons. The first-order valence-electron chi connectivity index (χ1n) is 21.8. The molecule has 10 atom stereocenters. The zero-order chi connectivity index (χ0) is 51.5. The van der Waals surface area contributed by atoms with Crippen molar-refractivity contribution in [3.63, 3.8) is 0 Å². The van der Waals surface area contributed by atoms with E-state index in [1.54, 1.807) is 69.2 Å². The van der Waals surface area contributed by atoms with Gasteiger partial charge in [0.15, 0.2) is 0 Å². The van der Waals surface area contributed by atoms with Crippen molar-refractivity contribution in [2.75, 3.05) is 0 Å². The van der Waals surface area contributed by atoms with Gasteiger partial charge >= 0.3 is 17.9 Å². The molecule has 0 bridgehead atoms. The number of nitrogens with one attached hydrogen (secondary N) is 8. The molecule has 0 aliphatic rings. The summed E-state index contributed by atoms with van der Waals surface area (Å²) in [6.07, 6.45) is -3.15. The molecule has 24 heteroatoms. The Bertz CT molecular complexity index is 1740. The lowest BCUT2D eigenvalue weighted by atomic mass is 9.97. The fraction of sp³-hybridized carbons (Fsp3) is 0.738. The summed E-state index contributed by atoms with van der Waals surface area (Å²) in [7, 11) is 0. The SMILES string of the molecule is CC(C)C[C@H](NC(=O)[C@H](CC(=O)O)NC(=O)[C@H](CC(C)C)NC(=O)[C@H](C)NC(=O)[C@@H](NC(=O)[C@@H](NC(=O)[C@@H](NC(=O)[C@@H](NC(=O)[C@@H](N)CC(=O)O)[C@@H](C)O)C(C)C)C(C)C)C(C)C)C(=O)O. The first kappa shape index (κ1) is 60.1. The van der Waals surface area contributed by atoms with Crippen LogP contribution in [0.5, 0.6) is 0 Å². The van der Waals surface area contributed by atoms with E-state index >= 15 is 0 Å². The number of aliphatic hydroxyl groups is 1. The summed E-state index contributed by atoms with van der Waals surface area (Å²) in [6, 6.07) is -12.9. The highest BCUT2D eigenvalue weighted by molar-refractivity contribution is 5.98. The van der Waals surface area contributed by atoms with Gasteiger partial charge in [0.2, 0.25) is 47.3 Å². The van der Waals surface area contributed by atoms with Crippen LogP contribution in [0.3, 0.4) is 0 Å². The van der Waals surface area contributed by atoms with Crippen LogP contribution in [0.2, 0.25) is 0 Å². The first-order valence-corrected chi connectivity index (χ1v) is 21.8. The molecule has 24 nitrogen and oxygen atoms in total. The van der Waals surface area contributed by atoms with E-state index in [2.05, 4.69) is 42.5 Å². The van der Waals surface area contributed by atoms with Gasteiger partial charge in [0.1, 0.15) is 48.3 Å². The Morgan fingerprint density at radius 3 is 1.09 bits per heavy atom. The Labute approximate surface area is 384 Å². The number of carbonyl (C=O) groups is 11. The lowest BCUT2D eigenvalue weighted by molar-refractivity contribution is -0.144. The highest BCUT2D eigenvalue weighted by Crippen LogP contribution is 2.12. The second-order valence-electron chi connectivity index (χ2n) is 18.2. The van der Waals surface area contributed by atoms with E-state index in [-0.39, 0.29) is 24.7 Å². The molecule has 0 aliphatic carbocycles. The Kier molecular flexibility index (Phi) is 25.7. The summed E-state index contributed by atoms with van der Waals surface area (Å²) in [5.41, 5.74) is 5.58. The van der Waals surface area contributed by atoms with Crippen LogP contribution in [-0.4, -0.2) is 146 Å². The molecule has 0 radical (unpaired) electrons. The molecular formula is C42H73N9O15. The van der Waals surface area contributed by atoms with Crippen LogP contribution in [0.25, 0.3) is 0 Å². The quantitative estimate of drug-likeness (QED) is 0.0375. The number of carboxylic acid groups (broad SMARTS) is 3. The largest absolute Gasteiger partial charge is 0.481 e. The van der Waals surface area contributed by atoms with Crippen LogP contribution in [0.4, 0.5) is 0 Å². The fourth-order valence-corrected chi connectivity index (χ4v) is 6.27. The van der Waals surface area contributed by atoms with Crippen molar-refractivity contribution in [2.45, 2.75) is 169 Å². The van der Waals surface area contributed by atoms with Crippen molar-refractivity contribution in [3.05, 3.63) is 0 Å². The topological polar surface area (TPSA) is 391 Å². The fourth-order valence-electron chi connectivity index (χ4n) is 6.27. The minimum Gasteiger partial charge on any atom is -0.481 e. The van der Waals surface area contributed by atoms with Crippen molar-refractivity contribution in [3.8, 4) is 0 Å². The Hall–Kier alpha value is -5.91. The van der Waals surface area contributed by atoms with Gasteiger partial charge in [-0.2, -0.15) is 0 Å². The third-order valence-corrected chi connectivity index (χ3v) is 9.96. The Balaban J connectivity index is 6.12. The number of aliphatic hydroxyl groups excluding tert-OH is 1. The van der Waals surface area contributed by atoms with Gasteiger partial charge in [0.05, 0.1) is 25.0 Å². The average molecular weight is 944 g/mol. The van der Waals surface area contributed by atoms with Crippen molar-refractivity contribution in [2.24, 2.45) is 35.3 Å². The molecule has 0 heterocycles. The summed E-state index contributed by atoms with van der Waals surface area (Å²) in [5.74, 6) is -13.8. The molecule has 14 N–H and O–H groups in total. The number of carboxylic acids is 3. The molecule has 0 unspecified atom stereocenters. The number of hydrogen-bond donors (Lipinski definition) is 13. The van der Waals surface area contributed by atoms with E-state index in [1.165, 1.54) is 13.8 Å². The minimum absolute atomic E-state index is 0.0000897. The Morgan fingerprint density at radius 2 is 0.727 bits per heavy atom. The molecule has 66 heavy (non-hydrogen) atoms. The molecular weight excluding hydrogens is 871 g/mol. The second kappa shape index (κ2) is 28.2. The van der Waals surface area contributed by atoms with Crippen LogP contribution in [0, 0.1) is 29.6 Å². The molecule has 0 aromatic heterocycles.